The van der Waals surface area contributed by atoms with Crippen molar-refractivity contribution in [2.45, 2.75) is 6.54 Å². The monoisotopic (exact) mass is 497 g/mol. The zero-order valence-corrected chi connectivity index (χ0v) is 18.6. The summed E-state index contributed by atoms with van der Waals surface area (Å²) in [6.45, 7) is 0.338. The molecule has 0 atom stereocenters. The highest BCUT2D eigenvalue weighted by Crippen LogP contribution is 2.31. The molecule has 148 valence electrons. The number of thiophene rings is 1. The van der Waals surface area contributed by atoms with Gasteiger partial charge in [0.1, 0.15) is 15.7 Å². The average molecular weight is 498 g/mol. The number of benzene rings is 2. The maximum absolute atomic E-state index is 13.3. The van der Waals surface area contributed by atoms with Crippen LogP contribution >= 0.6 is 38.6 Å². The maximum atomic E-state index is 13.3. The maximum Gasteiger partial charge on any atom is 0.263 e. The first kappa shape index (κ1) is 19.3. The molecule has 4 nitrogen and oxygen atoms in total. The van der Waals surface area contributed by atoms with Gasteiger partial charge in [-0.15, -0.1) is 22.7 Å². The lowest BCUT2D eigenvalue weighted by atomic mass is 10.1. The van der Waals surface area contributed by atoms with Crippen molar-refractivity contribution in [2.75, 3.05) is 0 Å². The summed E-state index contributed by atoms with van der Waals surface area (Å²) in [5, 5.41) is 5.30. The van der Waals surface area contributed by atoms with Crippen LogP contribution in [0.1, 0.15) is 5.69 Å². The molecule has 30 heavy (non-hydrogen) atoms. The SMILES string of the molecule is O=c1c2c(-c3ccc(F)cc3)csc2ncn1Cc1csc(-c2cccc(Br)c2)n1. The van der Waals surface area contributed by atoms with E-state index >= 15 is 0 Å². The van der Waals surface area contributed by atoms with Gasteiger partial charge in [0.2, 0.25) is 0 Å². The van der Waals surface area contributed by atoms with Crippen LogP contribution in [0.15, 0.2) is 74.9 Å². The van der Waals surface area contributed by atoms with Gasteiger partial charge in [0, 0.05) is 26.4 Å². The smallest absolute Gasteiger partial charge is 0.263 e. The highest BCUT2D eigenvalue weighted by atomic mass is 79.9. The van der Waals surface area contributed by atoms with Crippen molar-refractivity contribution >= 4 is 48.8 Å². The molecule has 0 radical (unpaired) electrons. The molecule has 2 aromatic carbocycles. The summed E-state index contributed by atoms with van der Waals surface area (Å²) in [5.41, 5.74) is 3.27. The summed E-state index contributed by atoms with van der Waals surface area (Å²) in [7, 11) is 0. The molecule has 5 rings (SSSR count). The fraction of sp³-hybridized carbons (Fsp3) is 0.0455. The molecule has 0 aliphatic carbocycles. The van der Waals surface area contributed by atoms with E-state index in [-0.39, 0.29) is 11.4 Å². The number of fused-ring (bicyclic) bond motifs is 1. The number of halogens is 2. The Morgan fingerprint density at radius 2 is 1.87 bits per heavy atom. The second kappa shape index (κ2) is 7.86. The highest BCUT2D eigenvalue weighted by Gasteiger charge is 2.14. The van der Waals surface area contributed by atoms with E-state index in [0.29, 0.717) is 16.8 Å². The summed E-state index contributed by atoms with van der Waals surface area (Å²) in [4.78, 5) is 23.0. The minimum absolute atomic E-state index is 0.127. The molecule has 0 saturated carbocycles. The van der Waals surface area contributed by atoms with Crippen molar-refractivity contribution in [1.82, 2.24) is 14.5 Å². The third-order valence-electron chi connectivity index (χ3n) is 4.67. The molecule has 0 aliphatic rings. The van der Waals surface area contributed by atoms with Crippen LogP contribution in [0, 0.1) is 5.82 Å². The van der Waals surface area contributed by atoms with Crippen molar-refractivity contribution in [3.8, 4) is 21.7 Å². The van der Waals surface area contributed by atoms with Gasteiger partial charge in [-0.2, -0.15) is 0 Å². The largest absolute Gasteiger partial charge is 0.293 e. The molecule has 8 heteroatoms. The molecule has 0 amide bonds. The van der Waals surface area contributed by atoms with Crippen molar-refractivity contribution in [2.24, 2.45) is 0 Å². The van der Waals surface area contributed by atoms with Gasteiger partial charge in [-0.05, 0) is 29.8 Å². The average Bonchev–Trinajstić information content (AvgIpc) is 3.38. The second-order valence-electron chi connectivity index (χ2n) is 6.67. The Morgan fingerprint density at radius 3 is 2.67 bits per heavy atom. The van der Waals surface area contributed by atoms with E-state index in [1.807, 2.05) is 35.0 Å². The summed E-state index contributed by atoms with van der Waals surface area (Å²) in [6, 6.07) is 14.1. The van der Waals surface area contributed by atoms with Crippen LogP contribution in [0.3, 0.4) is 0 Å². The number of nitrogens with zero attached hydrogens (tertiary/aromatic N) is 3. The minimum atomic E-state index is -0.307. The molecule has 0 saturated heterocycles. The lowest BCUT2D eigenvalue weighted by Crippen LogP contribution is -2.21. The Hall–Kier alpha value is -2.68. The molecule has 0 unspecified atom stereocenters. The van der Waals surface area contributed by atoms with E-state index in [1.165, 1.54) is 23.5 Å². The third-order valence-corrected chi connectivity index (χ3v) is 6.99. The lowest BCUT2D eigenvalue weighted by Gasteiger charge is -2.05. The van der Waals surface area contributed by atoms with E-state index in [1.54, 1.807) is 34.4 Å². The standard InChI is InChI=1S/C22H13BrFN3OS2/c23-15-3-1-2-14(8-15)20-26-17(10-29-20)9-27-12-25-21-19(22(27)28)18(11-30-21)13-4-6-16(24)7-5-13/h1-8,10-12H,9H2. The van der Waals surface area contributed by atoms with Gasteiger partial charge in [0.15, 0.2) is 0 Å². The van der Waals surface area contributed by atoms with E-state index in [2.05, 4.69) is 25.9 Å². The number of hydrogen-bond donors (Lipinski definition) is 0. The first-order valence-electron chi connectivity index (χ1n) is 9.01. The molecule has 3 aromatic heterocycles. The van der Waals surface area contributed by atoms with Crippen LogP contribution in [-0.2, 0) is 6.54 Å². The molecule has 3 heterocycles. The molecule has 0 spiro atoms. The predicted molar refractivity (Wildman–Crippen MR) is 124 cm³/mol. The van der Waals surface area contributed by atoms with Crippen LogP contribution in [0.2, 0.25) is 0 Å². The van der Waals surface area contributed by atoms with Gasteiger partial charge in [-0.25, -0.2) is 14.4 Å². The number of thiazole rings is 1. The first-order chi connectivity index (χ1) is 14.6. The van der Waals surface area contributed by atoms with Gasteiger partial charge in [-0.1, -0.05) is 40.2 Å². The zero-order valence-electron chi connectivity index (χ0n) is 15.4. The number of rotatable bonds is 4. The third kappa shape index (κ3) is 3.62. The molecular weight excluding hydrogens is 485 g/mol. The Bertz CT molecular complexity index is 1420. The number of aromatic nitrogens is 3. The van der Waals surface area contributed by atoms with Gasteiger partial charge in [-0.3, -0.25) is 9.36 Å². The molecule has 0 bridgehead atoms. The van der Waals surface area contributed by atoms with Gasteiger partial charge in [0.25, 0.3) is 5.56 Å². The van der Waals surface area contributed by atoms with E-state index < -0.39 is 0 Å². The Balaban J connectivity index is 1.51. The summed E-state index contributed by atoms with van der Waals surface area (Å²) >= 11 is 6.43. The molecular formula is C22H13BrFN3OS2. The van der Waals surface area contributed by atoms with E-state index in [0.717, 1.165) is 31.9 Å². The van der Waals surface area contributed by atoms with Crippen LogP contribution < -0.4 is 5.56 Å². The van der Waals surface area contributed by atoms with Crippen LogP contribution in [0.4, 0.5) is 4.39 Å². The minimum Gasteiger partial charge on any atom is -0.293 e. The zero-order chi connectivity index (χ0) is 20.7. The van der Waals surface area contributed by atoms with Gasteiger partial charge in [0.05, 0.1) is 24.0 Å². The molecule has 0 N–H and O–H groups in total. The van der Waals surface area contributed by atoms with E-state index in [9.17, 15) is 9.18 Å². The fourth-order valence-electron chi connectivity index (χ4n) is 3.23. The predicted octanol–water partition coefficient (Wildman–Crippen LogP) is 6.20. The van der Waals surface area contributed by atoms with Gasteiger partial charge >= 0.3 is 0 Å². The van der Waals surface area contributed by atoms with Crippen molar-refractivity contribution in [3.63, 3.8) is 0 Å². The summed E-state index contributed by atoms with van der Waals surface area (Å²) in [5.74, 6) is -0.307. The Labute approximate surface area is 187 Å². The molecule has 5 aromatic rings. The molecule has 0 aliphatic heterocycles. The summed E-state index contributed by atoms with van der Waals surface area (Å²) in [6.07, 6.45) is 1.56. The quantitative estimate of drug-likeness (QED) is 0.297. The van der Waals surface area contributed by atoms with Crippen LogP contribution in [0.25, 0.3) is 31.9 Å². The first-order valence-corrected chi connectivity index (χ1v) is 11.6. The molecule has 0 fully saturated rings. The van der Waals surface area contributed by atoms with E-state index in [4.69, 9.17) is 0 Å². The van der Waals surface area contributed by atoms with Crippen molar-refractivity contribution < 1.29 is 4.39 Å². The van der Waals surface area contributed by atoms with Crippen molar-refractivity contribution in [3.05, 3.63) is 92.0 Å². The topological polar surface area (TPSA) is 47.8 Å². The summed E-state index contributed by atoms with van der Waals surface area (Å²) < 4.78 is 15.9. The lowest BCUT2D eigenvalue weighted by molar-refractivity contribution is 0.628. The van der Waals surface area contributed by atoms with Crippen LogP contribution in [-0.4, -0.2) is 14.5 Å². The normalized spacial score (nSPS) is 11.3. The fourth-order valence-corrected chi connectivity index (χ4v) is 5.34. The Morgan fingerprint density at radius 1 is 1.03 bits per heavy atom. The van der Waals surface area contributed by atoms with Crippen LogP contribution in [0.5, 0.6) is 0 Å². The highest BCUT2D eigenvalue weighted by molar-refractivity contribution is 9.10. The second-order valence-corrected chi connectivity index (χ2v) is 9.30. The number of hydrogen-bond acceptors (Lipinski definition) is 5. The van der Waals surface area contributed by atoms with Crippen molar-refractivity contribution in [1.29, 1.82) is 0 Å². The van der Waals surface area contributed by atoms with Gasteiger partial charge < -0.3 is 0 Å². The Kier molecular flexibility index (Phi) is 5.06.